The van der Waals surface area contributed by atoms with E-state index in [9.17, 15) is 9.18 Å². The Labute approximate surface area is 121 Å². The van der Waals surface area contributed by atoms with E-state index in [1.807, 2.05) is 6.07 Å². The molecule has 2 aromatic rings. The summed E-state index contributed by atoms with van der Waals surface area (Å²) < 4.78 is 13.3. The van der Waals surface area contributed by atoms with Crippen LogP contribution in [0.5, 0.6) is 0 Å². The maximum Gasteiger partial charge on any atom is 0.227 e. The number of carbonyl (C=O) groups excluding carboxylic acids is 1. The number of anilines is 1. The summed E-state index contributed by atoms with van der Waals surface area (Å²) in [4.78, 5) is 17.7. The molecule has 5 heteroatoms. The van der Waals surface area contributed by atoms with E-state index in [-0.39, 0.29) is 11.7 Å². The van der Waals surface area contributed by atoms with Gasteiger partial charge in [0.15, 0.2) is 0 Å². The molecule has 0 aliphatic carbocycles. The van der Waals surface area contributed by atoms with Gasteiger partial charge >= 0.3 is 0 Å². The first kappa shape index (κ1) is 13.3. The predicted molar refractivity (Wildman–Crippen MR) is 74.9 cm³/mol. The number of hydrogen-bond donors (Lipinski definition) is 0. The molecular formula is C16H12FN3O. The van der Waals surface area contributed by atoms with Crippen molar-refractivity contribution in [2.24, 2.45) is 0 Å². The molecule has 104 valence electrons. The van der Waals surface area contributed by atoms with Gasteiger partial charge in [0, 0.05) is 18.3 Å². The van der Waals surface area contributed by atoms with Crippen LogP contribution in [0.2, 0.25) is 0 Å². The van der Waals surface area contributed by atoms with Crippen molar-refractivity contribution >= 4 is 11.6 Å². The average molecular weight is 281 g/mol. The SMILES string of the molecule is N#Cc1cc(CN2C(=O)CCc3cc(F)ccc32)ccn1. The van der Waals surface area contributed by atoms with Gasteiger partial charge in [-0.2, -0.15) is 5.26 Å². The minimum atomic E-state index is -0.293. The lowest BCUT2D eigenvalue weighted by molar-refractivity contribution is -0.119. The van der Waals surface area contributed by atoms with Gasteiger partial charge in [-0.3, -0.25) is 4.79 Å². The molecule has 0 radical (unpaired) electrons. The van der Waals surface area contributed by atoms with Gasteiger partial charge in [0.2, 0.25) is 5.91 Å². The van der Waals surface area contributed by atoms with Gasteiger partial charge in [0.25, 0.3) is 0 Å². The minimum absolute atomic E-state index is 0.00410. The van der Waals surface area contributed by atoms with Crippen molar-refractivity contribution < 1.29 is 9.18 Å². The van der Waals surface area contributed by atoms with Crippen molar-refractivity contribution in [3.05, 3.63) is 59.2 Å². The Hall–Kier alpha value is -2.74. The topological polar surface area (TPSA) is 57.0 Å². The molecule has 0 saturated carbocycles. The zero-order valence-electron chi connectivity index (χ0n) is 11.2. The molecule has 0 unspecified atom stereocenters. The normalized spacial score (nSPS) is 13.7. The molecule has 1 aliphatic rings. The summed E-state index contributed by atoms with van der Waals surface area (Å²) in [5.41, 5.74) is 2.72. The lowest BCUT2D eigenvalue weighted by Gasteiger charge is -2.29. The molecule has 0 bridgehead atoms. The molecule has 1 aromatic carbocycles. The van der Waals surface area contributed by atoms with Gasteiger partial charge in [0.05, 0.1) is 6.54 Å². The van der Waals surface area contributed by atoms with Crippen molar-refractivity contribution in [1.29, 1.82) is 5.26 Å². The number of nitrogens with zero attached hydrogens (tertiary/aromatic N) is 3. The highest BCUT2D eigenvalue weighted by molar-refractivity contribution is 5.96. The van der Waals surface area contributed by atoms with Crippen molar-refractivity contribution in [3.63, 3.8) is 0 Å². The van der Waals surface area contributed by atoms with E-state index in [0.29, 0.717) is 25.1 Å². The third-order valence-corrected chi connectivity index (χ3v) is 3.52. The molecule has 1 aliphatic heterocycles. The van der Waals surface area contributed by atoms with Crippen molar-refractivity contribution in [2.75, 3.05) is 4.90 Å². The Morgan fingerprint density at radius 2 is 2.14 bits per heavy atom. The number of pyridine rings is 1. The summed E-state index contributed by atoms with van der Waals surface area (Å²) in [7, 11) is 0. The first-order valence-electron chi connectivity index (χ1n) is 6.61. The van der Waals surface area contributed by atoms with Crippen LogP contribution >= 0.6 is 0 Å². The van der Waals surface area contributed by atoms with Crippen molar-refractivity contribution in [2.45, 2.75) is 19.4 Å². The van der Waals surface area contributed by atoms with Gasteiger partial charge < -0.3 is 4.90 Å². The predicted octanol–water partition coefficient (Wildman–Crippen LogP) is 2.57. The molecule has 0 fully saturated rings. The molecular weight excluding hydrogens is 269 g/mol. The lowest BCUT2D eigenvalue weighted by atomic mass is 10.0. The molecule has 3 rings (SSSR count). The molecule has 0 saturated heterocycles. The number of aryl methyl sites for hydroxylation is 1. The second-order valence-electron chi connectivity index (χ2n) is 4.91. The van der Waals surface area contributed by atoms with Crippen LogP contribution in [-0.2, 0) is 17.8 Å². The fourth-order valence-corrected chi connectivity index (χ4v) is 2.52. The number of halogens is 1. The number of aromatic nitrogens is 1. The Bertz CT molecular complexity index is 751. The van der Waals surface area contributed by atoms with Gasteiger partial charge in [0.1, 0.15) is 17.6 Å². The fraction of sp³-hybridized carbons (Fsp3) is 0.188. The highest BCUT2D eigenvalue weighted by atomic mass is 19.1. The van der Waals surface area contributed by atoms with Gasteiger partial charge in [-0.1, -0.05) is 0 Å². The summed E-state index contributed by atoms with van der Waals surface area (Å²) in [6.07, 6.45) is 2.47. The molecule has 21 heavy (non-hydrogen) atoms. The average Bonchev–Trinajstić information content (AvgIpc) is 2.50. The zero-order chi connectivity index (χ0) is 14.8. The van der Waals surface area contributed by atoms with Crippen LogP contribution in [0.25, 0.3) is 0 Å². The van der Waals surface area contributed by atoms with Crippen molar-refractivity contribution in [1.82, 2.24) is 4.98 Å². The standard InChI is InChI=1S/C16H12FN3O/c17-13-2-3-15-12(8-13)1-4-16(21)20(15)10-11-5-6-19-14(7-11)9-18/h2-3,5-8H,1,4,10H2. The molecule has 0 N–H and O–H groups in total. The third kappa shape index (κ3) is 2.61. The second kappa shape index (κ2) is 5.33. The van der Waals surface area contributed by atoms with Crippen LogP contribution in [0.15, 0.2) is 36.5 Å². The van der Waals surface area contributed by atoms with Gasteiger partial charge in [-0.05, 0) is 47.9 Å². The van der Waals surface area contributed by atoms with Crippen LogP contribution < -0.4 is 4.90 Å². The van der Waals surface area contributed by atoms with Crippen LogP contribution in [0.3, 0.4) is 0 Å². The number of amides is 1. The Morgan fingerprint density at radius 3 is 2.95 bits per heavy atom. The van der Waals surface area contributed by atoms with Crippen LogP contribution in [0.1, 0.15) is 23.2 Å². The quantitative estimate of drug-likeness (QED) is 0.850. The monoisotopic (exact) mass is 281 g/mol. The Balaban J connectivity index is 1.95. The lowest BCUT2D eigenvalue weighted by Crippen LogP contribution is -2.34. The number of carbonyl (C=O) groups is 1. The zero-order valence-corrected chi connectivity index (χ0v) is 11.2. The van der Waals surface area contributed by atoms with E-state index in [2.05, 4.69) is 4.98 Å². The summed E-state index contributed by atoms with van der Waals surface area (Å²) in [6.45, 7) is 0.356. The van der Waals surface area contributed by atoms with Crippen LogP contribution in [0, 0.1) is 17.1 Å². The van der Waals surface area contributed by atoms with E-state index < -0.39 is 0 Å². The molecule has 0 spiro atoms. The number of hydrogen-bond acceptors (Lipinski definition) is 3. The Kier molecular flexibility index (Phi) is 3.36. The molecule has 1 aromatic heterocycles. The smallest absolute Gasteiger partial charge is 0.227 e. The number of benzene rings is 1. The third-order valence-electron chi connectivity index (χ3n) is 3.52. The van der Waals surface area contributed by atoms with E-state index >= 15 is 0 Å². The van der Waals surface area contributed by atoms with E-state index in [0.717, 1.165) is 16.8 Å². The summed E-state index contributed by atoms with van der Waals surface area (Å²) in [6, 6.07) is 9.87. The molecule has 1 amide bonds. The largest absolute Gasteiger partial charge is 0.308 e. The van der Waals surface area contributed by atoms with Gasteiger partial charge in [-0.15, -0.1) is 0 Å². The molecule has 2 heterocycles. The van der Waals surface area contributed by atoms with Crippen LogP contribution in [0.4, 0.5) is 10.1 Å². The minimum Gasteiger partial charge on any atom is -0.308 e. The number of fused-ring (bicyclic) bond motifs is 1. The number of nitriles is 1. The number of rotatable bonds is 2. The highest BCUT2D eigenvalue weighted by Gasteiger charge is 2.24. The summed E-state index contributed by atoms with van der Waals surface area (Å²) in [5.74, 6) is -0.289. The summed E-state index contributed by atoms with van der Waals surface area (Å²) >= 11 is 0. The van der Waals surface area contributed by atoms with Crippen LogP contribution in [-0.4, -0.2) is 10.9 Å². The molecule has 4 nitrogen and oxygen atoms in total. The van der Waals surface area contributed by atoms with E-state index in [1.165, 1.54) is 12.1 Å². The first-order chi connectivity index (χ1) is 10.2. The van der Waals surface area contributed by atoms with E-state index in [4.69, 9.17) is 5.26 Å². The van der Waals surface area contributed by atoms with Gasteiger partial charge in [-0.25, -0.2) is 9.37 Å². The molecule has 0 atom stereocenters. The summed E-state index contributed by atoms with van der Waals surface area (Å²) in [5, 5.41) is 8.87. The van der Waals surface area contributed by atoms with E-state index in [1.54, 1.807) is 29.3 Å². The second-order valence-corrected chi connectivity index (χ2v) is 4.91. The fourth-order valence-electron chi connectivity index (χ4n) is 2.52. The maximum atomic E-state index is 13.3. The highest BCUT2D eigenvalue weighted by Crippen LogP contribution is 2.29. The van der Waals surface area contributed by atoms with Crippen molar-refractivity contribution in [3.8, 4) is 6.07 Å². The maximum absolute atomic E-state index is 13.3. The first-order valence-corrected chi connectivity index (χ1v) is 6.61. The Morgan fingerprint density at radius 1 is 1.29 bits per heavy atom.